The number of carbonyl (C=O) groups excluding carboxylic acids is 2. The standard InChI is InChI=1S/C32H34N2O6/c1-2-39-27-21-25(13-14-26(27)40-22-23-9-5-3-6-10-23)29-28(30(35)24-11-7-4-8-12-24)31(36)32(37)34(29)16-15-33-17-19-38-20-18-33/h3-14,21,29,35H,2,15-20,22H2,1H3. The fourth-order valence-electron chi connectivity index (χ4n) is 5.10. The van der Waals surface area contributed by atoms with Gasteiger partial charge in [-0.3, -0.25) is 14.5 Å². The molecule has 8 heteroatoms. The van der Waals surface area contributed by atoms with Gasteiger partial charge in [-0.2, -0.15) is 0 Å². The molecule has 1 unspecified atom stereocenters. The molecule has 2 heterocycles. The molecule has 0 radical (unpaired) electrons. The molecule has 208 valence electrons. The van der Waals surface area contributed by atoms with Gasteiger partial charge < -0.3 is 24.2 Å². The fraction of sp³-hybridized carbons (Fsp3) is 0.312. The summed E-state index contributed by atoms with van der Waals surface area (Å²) in [6, 6.07) is 23.3. The molecule has 2 fully saturated rings. The molecule has 1 atom stereocenters. The predicted molar refractivity (Wildman–Crippen MR) is 151 cm³/mol. The van der Waals surface area contributed by atoms with E-state index in [1.807, 2.05) is 49.4 Å². The van der Waals surface area contributed by atoms with Crippen LogP contribution in [0.25, 0.3) is 5.76 Å². The molecule has 0 bridgehead atoms. The molecule has 2 saturated heterocycles. The van der Waals surface area contributed by atoms with Gasteiger partial charge in [0.2, 0.25) is 0 Å². The van der Waals surface area contributed by atoms with Crippen LogP contribution in [0.5, 0.6) is 11.5 Å². The van der Waals surface area contributed by atoms with Crippen LogP contribution in [-0.4, -0.2) is 72.6 Å². The summed E-state index contributed by atoms with van der Waals surface area (Å²) in [6.45, 7) is 6.39. The number of likely N-dealkylation sites (tertiary alicyclic amines) is 1. The van der Waals surface area contributed by atoms with Gasteiger partial charge >= 0.3 is 0 Å². The second-order valence-electron chi connectivity index (χ2n) is 9.73. The van der Waals surface area contributed by atoms with E-state index < -0.39 is 17.7 Å². The number of carbonyl (C=O) groups is 2. The summed E-state index contributed by atoms with van der Waals surface area (Å²) in [5.41, 5.74) is 2.23. The van der Waals surface area contributed by atoms with E-state index in [-0.39, 0.29) is 11.3 Å². The molecular formula is C32H34N2O6. The highest BCUT2D eigenvalue weighted by atomic mass is 16.5. The van der Waals surface area contributed by atoms with E-state index in [9.17, 15) is 14.7 Å². The van der Waals surface area contributed by atoms with Crippen molar-refractivity contribution in [3.63, 3.8) is 0 Å². The van der Waals surface area contributed by atoms with E-state index >= 15 is 0 Å². The Balaban J connectivity index is 1.51. The molecule has 0 saturated carbocycles. The molecule has 5 rings (SSSR count). The van der Waals surface area contributed by atoms with Crippen molar-refractivity contribution in [3.8, 4) is 11.5 Å². The number of rotatable bonds is 10. The molecule has 0 spiro atoms. The Morgan fingerprint density at radius 2 is 1.60 bits per heavy atom. The Morgan fingerprint density at radius 3 is 2.30 bits per heavy atom. The molecule has 0 aromatic heterocycles. The summed E-state index contributed by atoms with van der Waals surface area (Å²) in [4.78, 5) is 30.5. The normalized spacial score (nSPS) is 19.1. The lowest BCUT2D eigenvalue weighted by Gasteiger charge is -2.31. The van der Waals surface area contributed by atoms with Crippen molar-refractivity contribution < 1.29 is 28.9 Å². The Hall–Kier alpha value is -4.14. The van der Waals surface area contributed by atoms with Crippen LogP contribution in [0.4, 0.5) is 0 Å². The zero-order valence-corrected chi connectivity index (χ0v) is 22.6. The first-order valence-electron chi connectivity index (χ1n) is 13.6. The van der Waals surface area contributed by atoms with Crippen LogP contribution in [0.3, 0.4) is 0 Å². The first kappa shape index (κ1) is 27.4. The third kappa shape index (κ3) is 6.03. The zero-order valence-electron chi connectivity index (χ0n) is 22.6. The van der Waals surface area contributed by atoms with Gasteiger partial charge in [0.05, 0.1) is 31.4 Å². The third-order valence-electron chi connectivity index (χ3n) is 7.17. The van der Waals surface area contributed by atoms with Crippen LogP contribution in [0.2, 0.25) is 0 Å². The third-order valence-corrected chi connectivity index (χ3v) is 7.17. The highest BCUT2D eigenvalue weighted by molar-refractivity contribution is 6.46. The van der Waals surface area contributed by atoms with Gasteiger partial charge in [-0.05, 0) is 30.2 Å². The van der Waals surface area contributed by atoms with Gasteiger partial charge in [0, 0.05) is 31.7 Å². The highest BCUT2D eigenvalue weighted by Gasteiger charge is 2.46. The van der Waals surface area contributed by atoms with Crippen LogP contribution in [0.15, 0.2) is 84.4 Å². The number of ether oxygens (including phenoxy) is 3. The van der Waals surface area contributed by atoms with E-state index in [0.717, 1.165) is 18.7 Å². The predicted octanol–water partition coefficient (Wildman–Crippen LogP) is 4.42. The topological polar surface area (TPSA) is 88.5 Å². The van der Waals surface area contributed by atoms with E-state index in [0.29, 0.717) is 62.1 Å². The van der Waals surface area contributed by atoms with Crippen molar-refractivity contribution in [1.82, 2.24) is 9.80 Å². The molecule has 2 aliphatic heterocycles. The van der Waals surface area contributed by atoms with E-state index in [2.05, 4.69) is 4.90 Å². The van der Waals surface area contributed by atoms with E-state index in [4.69, 9.17) is 14.2 Å². The fourth-order valence-corrected chi connectivity index (χ4v) is 5.10. The van der Waals surface area contributed by atoms with E-state index in [1.165, 1.54) is 0 Å². The van der Waals surface area contributed by atoms with Crippen LogP contribution in [-0.2, 0) is 20.9 Å². The van der Waals surface area contributed by atoms with Crippen molar-refractivity contribution >= 4 is 17.4 Å². The minimum Gasteiger partial charge on any atom is -0.507 e. The number of hydrogen-bond donors (Lipinski definition) is 1. The van der Waals surface area contributed by atoms with Crippen molar-refractivity contribution in [3.05, 3.63) is 101 Å². The second-order valence-corrected chi connectivity index (χ2v) is 9.73. The van der Waals surface area contributed by atoms with E-state index in [1.54, 1.807) is 41.3 Å². The molecule has 0 aliphatic carbocycles. The largest absolute Gasteiger partial charge is 0.507 e. The SMILES string of the molecule is CCOc1cc(C2C(=C(O)c3ccccc3)C(=O)C(=O)N2CCN2CCOCC2)ccc1OCc1ccccc1. The Bertz CT molecular complexity index is 1350. The summed E-state index contributed by atoms with van der Waals surface area (Å²) in [7, 11) is 0. The maximum atomic E-state index is 13.4. The molecule has 1 N–H and O–H groups in total. The average molecular weight is 543 g/mol. The maximum absolute atomic E-state index is 13.4. The number of ketones is 1. The zero-order chi connectivity index (χ0) is 27.9. The van der Waals surface area contributed by atoms with Crippen LogP contribution in [0, 0.1) is 0 Å². The molecule has 40 heavy (non-hydrogen) atoms. The Kier molecular flexibility index (Phi) is 8.78. The number of nitrogens with zero attached hydrogens (tertiary/aromatic N) is 2. The summed E-state index contributed by atoms with van der Waals surface area (Å²) in [6.07, 6.45) is 0. The van der Waals surface area contributed by atoms with Crippen molar-refractivity contribution in [2.45, 2.75) is 19.6 Å². The molecule has 3 aromatic carbocycles. The van der Waals surface area contributed by atoms with Crippen molar-refractivity contribution in [2.75, 3.05) is 46.0 Å². The summed E-state index contributed by atoms with van der Waals surface area (Å²) in [5.74, 6) is -0.453. The minimum atomic E-state index is -0.774. The molecule has 2 aliphatic rings. The van der Waals surface area contributed by atoms with Gasteiger partial charge in [0.15, 0.2) is 11.5 Å². The number of aliphatic hydroxyl groups excluding tert-OH is 1. The number of benzene rings is 3. The Morgan fingerprint density at radius 1 is 0.900 bits per heavy atom. The summed E-state index contributed by atoms with van der Waals surface area (Å²) in [5, 5.41) is 11.3. The summed E-state index contributed by atoms with van der Waals surface area (Å²) < 4.78 is 17.5. The molecular weight excluding hydrogens is 508 g/mol. The highest BCUT2D eigenvalue weighted by Crippen LogP contribution is 2.42. The number of aliphatic hydroxyl groups is 1. The van der Waals surface area contributed by atoms with Crippen molar-refractivity contribution in [1.29, 1.82) is 0 Å². The lowest BCUT2D eigenvalue weighted by molar-refractivity contribution is -0.140. The first-order chi connectivity index (χ1) is 19.6. The molecule has 1 amide bonds. The molecule has 3 aromatic rings. The lowest BCUT2D eigenvalue weighted by Crippen LogP contribution is -2.42. The number of Topliss-reactive ketones (excluding diaryl/α,β-unsaturated/α-hetero) is 1. The Labute approximate surface area is 234 Å². The lowest BCUT2D eigenvalue weighted by atomic mass is 9.95. The summed E-state index contributed by atoms with van der Waals surface area (Å²) >= 11 is 0. The van der Waals surface area contributed by atoms with Crippen LogP contribution < -0.4 is 9.47 Å². The van der Waals surface area contributed by atoms with Gasteiger partial charge in [-0.1, -0.05) is 66.7 Å². The minimum absolute atomic E-state index is 0.0681. The number of hydrogen-bond acceptors (Lipinski definition) is 7. The van der Waals surface area contributed by atoms with Gasteiger partial charge in [0.1, 0.15) is 12.4 Å². The number of morpholine rings is 1. The van der Waals surface area contributed by atoms with Gasteiger partial charge in [-0.15, -0.1) is 0 Å². The number of amides is 1. The smallest absolute Gasteiger partial charge is 0.295 e. The first-order valence-corrected chi connectivity index (χ1v) is 13.6. The van der Waals surface area contributed by atoms with Gasteiger partial charge in [-0.25, -0.2) is 0 Å². The quantitative estimate of drug-likeness (QED) is 0.231. The van der Waals surface area contributed by atoms with Crippen molar-refractivity contribution in [2.24, 2.45) is 0 Å². The van der Waals surface area contributed by atoms with Crippen LogP contribution in [0.1, 0.15) is 29.7 Å². The maximum Gasteiger partial charge on any atom is 0.295 e. The van der Waals surface area contributed by atoms with Gasteiger partial charge in [0.25, 0.3) is 11.7 Å². The average Bonchev–Trinajstić information content (AvgIpc) is 3.25. The second kappa shape index (κ2) is 12.8. The molecule has 8 nitrogen and oxygen atoms in total. The monoisotopic (exact) mass is 542 g/mol. The van der Waals surface area contributed by atoms with Crippen LogP contribution >= 0.6 is 0 Å².